The van der Waals surface area contributed by atoms with Gasteiger partial charge in [0.25, 0.3) is 0 Å². The Hall–Kier alpha value is -1.38. The van der Waals surface area contributed by atoms with Gasteiger partial charge in [-0.15, -0.1) is 0 Å². The zero-order valence-electron chi connectivity index (χ0n) is 11.8. The Morgan fingerprint density at radius 1 is 1.20 bits per heavy atom. The number of hydrogen-bond acceptors (Lipinski definition) is 1. The molecule has 1 unspecified atom stereocenters. The van der Waals surface area contributed by atoms with Gasteiger partial charge in [0.2, 0.25) is 0 Å². The molecule has 0 aliphatic carbocycles. The molecule has 2 aromatic rings. The summed E-state index contributed by atoms with van der Waals surface area (Å²) in [5.74, 6) is -0.150. The molecule has 0 aliphatic heterocycles. The Kier molecular flexibility index (Phi) is 5.16. The van der Waals surface area contributed by atoms with Crippen LogP contribution >= 0.6 is 11.6 Å². The maximum Gasteiger partial charge on any atom is 0.126 e. The van der Waals surface area contributed by atoms with Crippen molar-refractivity contribution in [2.24, 2.45) is 0 Å². The van der Waals surface area contributed by atoms with Crippen LogP contribution in [-0.2, 0) is 13.0 Å². The molecule has 0 aliphatic rings. The average molecular weight is 292 g/mol. The lowest BCUT2D eigenvalue weighted by molar-refractivity contribution is 0.542. The Balaban J connectivity index is 1.90. The smallest absolute Gasteiger partial charge is 0.126 e. The van der Waals surface area contributed by atoms with Crippen molar-refractivity contribution in [1.82, 2.24) is 5.32 Å². The van der Waals surface area contributed by atoms with E-state index < -0.39 is 0 Å². The molecule has 0 saturated carbocycles. The summed E-state index contributed by atoms with van der Waals surface area (Å²) >= 11 is 6.15. The van der Waals surface area contributed by atoms with Crippen LogP contribution in [0, 0.1) is 12.7 Å². The fourth-order valence-electron chi connectivity index (χ4n) is 2.10. The largest absolute Gasteiger partial charge is 0.310 e. The molecule has 0 amide bonds. The van der Waals surface area contributed by atoms with Crippen molar-refractivity contribution in [2.45, 2.75) is 32.9 Å². The van der Waals surface area contributed by atoms with Crippen LogP contribution in [0.2, 0.25) is 5.02 Å². The van der Waals surface area contributed by atoms with Crippen LogP contribution in [-0.4, -0.2) is 6.04 Å². The molecule has 0 spiro atoms. The van der Waals surface area contributed by atoms with Gasteiger partial charge >= 0.3 is 0 Å². The van der Waals surface area contributed by atoms with Gasteiger partial charge in [0.1, 0.15) is 5.82 Å². The summed E-state index contributed by atoms with van der Waals surface area (Å²) in [6.45, 7) is 4.53. The Labute approximate surface area is 124 Å². The summed E-state index contributed by atoms with van der Waals surface area (Å²) in [4.78, 5) is 0. The van der Waals surface area contributed by atoms with E-state index in [1.54, 1.807) is 13.0 Å². The minimum absolute atomic E-state index is 0.150. The van der Waals surface area contributed by atoms with E-state index >= 15 is 0 Å². The van der Waals surface area contributed by atoms with E-state index in [4.69, 9.17) is 11.6 Å². The van der Waals surface area contributed by atoms with Crippen LogP contribution in [0.3, 0.4) is 0 Å². The highest BCUT2D eigenvalue weighted by Crippen LogP contribution is 2.17. The molecule has 0 fully saturated rings. The molecular formula is C17H19ClFN. The Morgan fingerprint density at radius 3 is 2.65 bits per heavy atom. The van der Waals surface area contributed by atoms with Crippen molar-refractivity contribution in [2.75, 3.05) is 0 Å². The van der Waals surface area contributed by atoms with E-state index in [1.165, 1.54) is 0 Å². The van der Waals surface area contributed by atoms with Crippen molar-refractivity contribution in [3.8, 4) is 0 Å². The van der Waals surface area contributed by atoms with E-state index in [-0.39, 0.29) is 11.9 Å². The molecule has 2 aromatic carbocycles. The summed E-state index contributed by atoms with van der Waals surface area (Å²) < 4.78 is 13.5. The van der Waals surface area contributed by atoms with Gasteiger partial charge in [-0.1, -0.05) is 41.9 Å². The highest BCUT2D eigenvalue weighted by Gasteiger charge is 2.07. The molecule has 20 heavy (non-hydrogen) atoms. The summed E-state index contributed by atoms with van der Waals surface area (Å²) in [6, 6.07) is 13.5. The van der Waals surface area contributed by atoms with E-state index in [2.05, 4.69) is 12.2 Å². The van der Waals surface area contributed by atoms with Gasteiger partial charge in [-0.2, -0.15) is 0 Å². The van der Waals surface area contributed by atoms with Crippen LogP contribution in [0.15, 0.2) is 42.5 Å². The van der Waals surface area contributed by atoms with Gasteiger partial charge in [0, 0.05) is 17.6 Å². The molecule has 1 atom stereocenters. The van der Waals surface area contributed by atoms with E-state index in [0.717, 1.165) is 22.6 Å². The van der Waals surface area contributed by atoms with Crippen LogP contribution in [0.5, 0.6) is 0 Å². The third-order valence-corrected chi connectivity index (χ3v) is 3.74. The Bertz CT molecular complexity index is 583. The van der Waals surface area contributed by atoms with E-state index in [1.807, 2.05) is 36.4 Å². The van der Waals surface area contributed by atoms with Crippen LogP contribution in [0.1, 0.15) is 23.6 Å². The predicted octanol–water partition coefficient (Wildman–Crippen LogP) is 4.51. The summed E-state index contributed by atoms with van der Waals surface area (Å²) in [5.41, 5.74) is 2.77. The van der Waals surface area contributed by atoms with E-state index in [9.17, 15) is 4.39 Å². The van der Waals surface area contributed by atoms with Crippen molar-refractivity contribution in [3.05, 3.63) is 70.0 Å². The first kappa shape index (κ1) is 15.0. The van der Waals surface area contributed by atoms with Crippen molar-refractivity contribution >= 4 is 11.6 Å². The van der Waals surface area contributed by atoms with Crippen LogP contribution < -0.4 is 5.32 Å². The number of halogens is 2. The van der Waals surface area contributed by atoms with Gasteiger partial charge in [0.05, 0.1) is 0 Å². The lowest BCUT2D eigenvalue weighted by atomic mass is 10.1. The summed E-state index contributed by atoms with van der Waals surface area (Å²) in [5, 5.41) is 4.19. The van der Waals surface area contributed by atoms with Gasteiger partial charge in [-0.25, -0.2) is 4.39 Å². The molecule has 1 nitrogen and oxygen atoms in total. The lowest BCUT2D eigenvalue weighted by Gasteiger charge is -2.15. The zero-order chi connectivity index (χ0) is 14.5. The molecule has 0 bridgehead atoms. The number of nitrogens with one attached hydrogen (secondary N) is 1. The van der Waals surface area contributed by atoms with Gasteiger partial charge in [0.15, 0.2) is 0 Å². The van der Waals surface area contributed by atoms with Gasteiger partial charge in [-0.05, 0) is 49.1 Å². The highest BCUT2D eigenvalue weighted by molar-refractivity contribution is 6.31. The molecule has 3 heteroatoms. The quantitative estimate of drug-likeness (QED) is 0.855. The fraction of sp³-hybridized carbons (Fsp3) is 0.294. The van der Waals surface area contributed by atoms with Gasteiger partial charge in [-0.3, -0.25) is 0 Å². The normalized spacial score (nSPS) is 12.4. The number of aryl methyl sites for hydroxylation is 1. The molecule has 0 aromatic heterocycles. The lowest BCUT2D eigenvalue weighted by Crippen LogP contribution is -2.27. The SMILES string of the molecule is Cc1ccc(CNC(C)Cc2ccccc2Cl)cc1F. The zero-order valence-corrected chi connectivity index (χ0v) is 12.5. The monoisotopic (exact) mass is 291 g/mol. The van der Waals surface area contributed by atoms with E-state index in [0.29, 0.717) is 12.1 Å². The first-order valence-corrected chi connectivity index (χ1v) is 7.16. The average Bonchev–Trinajstić information content (AvgIpc) is 2.43. The molecular weight excluding hydrogens is 273 g/mol. The van der Waals surface area contributed by atoms with Crippen molar-refractivity contribution in [3.63, 3.8) is 0 Å². The molecule has 0 heterocycles. The standard InChI is InChI=1S/C17H19ClFN/c1-12-7-8-14(10-17(12)19)11-20-13(2)9-15-5-3-4-6-16(15)18/h3-8,10,13,20H,9,11H2,1-2H3. The molecule has 0 saturated heterocycles. The third kappa shape index (κ3) is 4.06. The maximum absolute atomic E-state index is 13.5. The second kappa shape index (κ2) is 6.87. The van der Waals surface area contributed by atoms with Crippen molar-refractivity contribution in [1.29, 1.82) is 0 Å². The molecule has 1 N–H and O–H groups in total. The first-order chi connectivity index (χ1) is 9.56. The maximum atomic E-state index is 13.5. The van der Waals surface area contributed by atoms with Crippen LogP contribution in [0.25, 0.3) is 0 Å². The minimum atomic E-state index is -0.150. The predicted molar refractivity (Wildman–Crippen MR) is 82.6 cm³/mol. The summed E-state index contributed by atoms with van der Waals surface area (Å²) in [7, 11) is 0. The van der Waals surface area contributed by atoms with Crippen LogP contribution in [0.4, 0.5) is 4.39 Å². The minimum Gasteiger partial charge on any atom is -0.310 e. The second-order valence-corrected chi connectivity index (χ2v) is 5.57. The van der Waals surface area contributed by atoms with Gasteiger partial charge < -0.3 is 5.32 Å². The number of hydrogen-bond donors (Lipinski definition) is 1. The molecule has 106 valence electrons. The highest BCUT2D eigenvalue weighted by atomic mass is 35.5. The second-order valence-electron chi connectivity index (χ2n) is 5.16. The summed E-state index contributed by atoms with van der Waals surface area (Å²) in [6.07, 6.45) is 0.855. The molecule has 2 rings (SSSR count). The third-order valence-electron chi connectivity index (χ3n) is 3.37. The van der Waals surface area contributed by atoms with Crippen molar-refractivity contribution < 1.29 is 4.39 Å². The number of rotatable bonds is 5. The first-order valence-electron chi connectivity index (χ1n) is 6.78. The Morgan fingerprint density at radius 2 is 1.95 bits per heavy atom. The fourth-order valence-corrected chi connectivity index (χ4v) is 2.32. The molecule has 0 radical (unpaired) electrons. The number of benzene rings is 2. The topological polar surface area (TPSA) is 12.0 Å².